The lowest BCUT2D eigenvalue weighted by atomic mass is 9.94. The maximum atomic E-state index is 11.8. The Hall–Kier alpha value is -0.370. The molecular weight excluding hydrogens is 234 g/mol. The molecule has 2 N–H and O–H groups in total. The lowest BCUT2D eigenvalue weighted by molar-refractivity contribution is -0.119. The van der Waals surface area contributed by atoms with Crippen LogP contribution >= 0.6 is 0 Å². The molecule has 0 amide bonds. The second-order valence-electron chi connectivity index (χ2n) is 5.80. The first kappa shape index (κ1) is 18.6. The van der Waals surface area contributed by atoms with E-state index < -0.39 is 0 Å². The molecule has 114 valence electrons. The molecule has 0 radical (unpaired) electrons. The molecule has 0 bridgehead atoms. The van der Waals surface area contributed by atoms with Gasteiger partial charge in [-0.05, 0) is 31.7 Å². The van der Waals surface area contributed by atoms with Gasteiger partial charge in [-0.1, -0.05) is 58.8 Å². The average molecular weight is 269 g/mol. The summed E-state index contributed by atoms with van der Waals surface area (Å²) in [5.41, 5.74) is 5.57. The Bertz CT molecular complexity index is 203. The molecule has 19 heavy (non-hydrogen) atoms. The first-order valence-corrected chi connectivity index (χ1v) is 8.46. The van der Waals surface area contributed by atoms with Crippen molar-refractivity contribution in [2.75, 3.05) is 6.54 Å². The van der Waals surface area contributed by atoms with Crippen LogP contribution in [0.15, 0.2) is 0 Å². The van der Waals surface area contributed by atoms with E-state index in [1.807, 2.05) is 0 Å². The van der Waals surface area contributed by atoms with Gasteiger partial charge in [0.1, 0.15) is 5.78 Å². The van der Waals surface area contributed by atoms with Gasteiger partial charge in [-0.15, -0.1) is 0 Å². The number of carbonyl (C=O) groups excluding carboxylic acids is 1. The van der Waals surface area contributed by atoms with Crippen molar-refractivity contribution >= 4 is 5.78 Å². The predicted octanol–water partition coefficient (Wildman–Crippen LogP) is 4.85. The lowest BCUT2D eigenvalue weighted by Gasteiger charge is -2.12. The topological polar surface area (TPSA) is 43.1 Å². The molecule has 0 fully saturated rings. The van der Waals surface area contributed by atoms with Gasteiger partial charge in [-0.2, -0.15) is 0 Å². The van der Waals surface area contributed by atoms with Crippen molar-refractivity contribution < 1.29 is 4.79 Å². The van der Waals surface area contributed by atoms with Gasteiger partial charge in [-0.25, -0.2) is 0 Å². The number of Topliss-reactive ketones (excluding diaryl/α,β-unsaturated/α-hetero) is 1. The van der Waals surface area contributed by atoms with Crippen LogP contribution in [0.3, 0.4) is 0 Å². The first-order chi connectivity index (χ1) is 9.24. The van der Waals surface area contributed by atoms with Gasteiger partial charge in [0.05, 0.1) is 0 Å². The van der Waals surface area contributed by atoms with E-state index in [4.69, 9.17) is 5.73 Å². The van der Waals surface area contributed by atoms with E-state index in [1.54, 1.807) is 0 Å². The Morgan fingerprint density at radius 2 is 1.53 bits per heavy atom. The van der Waals surface area contributed by atoms with E-state index >= 15 is 0 Å². The second kappa shape index (κ2) is 14.0. The predicted molar refractivity (Wildman–Crippen MR) is 84.3 cm³/mol. The summed E-state index contributed by atoms with van der Waals surface area (Å²) >= 11 is 0. The highest BCUT2D eigenvalue weighted by Gasteiger charge is 2.08. The highest BCUT2D eigenvalue weighted by molar-refractivity contribution is 5.78. The molecule has 0 saturated heterocycles. The van der Waals surface area contributed by atoms with Crippen LogP contribution in [0.1, 0.15) is 90.9 Å². The van der Waals surface area contributed by atoms with Crippen molar-refractivity contribution in [1.29, 1.82) is 0 Å². The Kier molecular flexibility index (Phi) is 13.8. The fraction of sp³-hybridized carbons (Fsp3) is 0.941. The van der Waals surface area contributed by atoms with Crippen LogP contribution < -0.4 is 5.73 Å². The van der Waals surface area contributed by atoms with E-state index in [2.05, 4.69) is 13.8 Å². The molecule has 0 aromatic rings. The van der Waals surface area contributed by atoms with Crippen LogP contribution in [0.25, 0.3) is 0 Å². The molecule has 0 aliphatic heterocycles. The Balaban J connectivity index is 3.38. The van der Waals surface area contributed by atoms with E-state index in [9.17, 15) is 4.79 Å². The number of carbonyl (C=O) groups is 1. The fourth-order valence-electron chi connectivity index (χ4n) is 2.56. The van der Waals surface area contributed by atoms with Crippen LogP contribution in [0.5, 0.6) is 0 Å². The van der Waals surface area contributed by atoms with Gasteiger partial charge >= 0.3 is 0 Å². The summed E-state index contributed by atoms with van der Waals surface area (Å²) in [6, 6.07) is 0. The van der Waals surface area contributed by atoms with Crippen molar-refractivity contribution in [2.45, 2.75) is 90.9 Å². The molecule has 0 rings (SSSR count). The second-order valence-corrected chi connectivity index (χ2v) is 5.80. The highest BCUT2D eigenvalue weighted by atomic mass is 16.1. The number of nitrogens with two attached hydrogens (primary N) is 1. The summed E-state index contributed by atoms with van der Waals surface area (Å²) < 4.78 is 0. The minimum absolute atomic E-state index is 0.462. The van der Waals surface area contributed by atoms with Crippen molar-refractivity contribution in [3.05, 3.63) is 0 Å². The van der Waals surface area contributed by atoms with E-state index in [1.165, 1.54) is 38.5 Å². The minimum atomic E-state index is 0.462. The zero-order chi connectivity index (χ0) is 14.3. The van der Waals surface area contributed by atoms with Crippen molar-refractivity contribution in [3.8, 4) is 0 Å². The normalized spacial score (nSPS) is 12.6. The molecule has 2 heteroatoms. The largest absolute Gasteiger partial charge is 0.330 e. The number of unbranched alkanes of at least 4 members (excludes halogenated alkanes) is 6. The van der Waals surface area contributed by atoms with Gasteiger partial charge in [0.2, 0.25) is 0 Å². The summed E-state index contributed by atoms with van der Waals surface area (Å²) in [5, 5.41) is 0. The zero-order valence-electron chi connectivity index (χ0n) is 13.3. The van der Waals surface area contributed by atoms with Gasteiger partial charge in [0.25, 0.3) is 0 Å². The summed E-state index contributed by atoms with van der Waals surface area (Å²) in [4.78, 5) is 11.8. The van der Waals surface area contributed by atoms with E-state index in [0.29, 0.717) is 11.7 Å². The summed E-state index contributed by atoms with van der Waals surface area (Å²) in [6.07, 6.45) is 13.8. The third-order valence-corrected chi connectivity index (χ3v) is 4.04. The minimum Gasteiger partial charge on any atom is -0.330 e. The zero-order valence-corrected chi connectivity index (χ0v) is 13.3. The molecule has 1 atom stereocenters. The molecule has 1 unspecified atom stereocenters. The molecule has 0 aliphatic rings. The molecular formula is C17H35NO. The fourth-order valence-corrected chi connectivity index (χ4v) is 2.56. The van der Waals surface area contributed by atoms with Crippen molar-refractivity contribution in [1.82, 2.24) is 0 Å². The Morgan fingerprint density at radius 1 is 0.895 bits per heavy atom. The standard InChI is InChI=1S/C17H35NO/c1-3-5-6-7-8-9-10-11-17(19)13-12-16(4-2)14-15-18/h16H,3-15,18H2,1-2H3. The molecule has 2 nitrogen and oxygen atoms in total. The molecule has 0 spiro atoms. The van der Waals surface area contributed by atoms with Crippen molar-refractivity contribution in [3.63, 3.8) is 0 Å². The maximum Gasteiger partial charge on any atom is 0.132 e. The molecule has 0 aromatic heterocycles. The Morgan fingerprint density at radius 3 is 2.11 bits per heavy atom. The molecule has 0 aliphatic carbocycles. The van der Waals surface area contributed by atoms with Crippen LogP contribution in [0.4, 0.5) is 0 Å². The van der Waals surface area contributed by atoms with Crippen LogP contribution in [-0.2, 0) is 4.79 Å². The number of hydrogen-bond acceptors (Lipinski definition) is 2. The first-order valence-electron chi connectivity index (χ1n) is 8.46. The van der Waals surface area contributed by atoms with Crippen LogP contribution in [0.2, 0.25) is 0 Å². The van der Waals surface area contributed by atoms with Crippen molar-refractivity contribution in [2.24, 2.45) is 11.7 Å². The van der Waals surface area contributed by atoms with Crippen LogP contribution in [-0.4, -0.2) is 12.3 Å². The summed E-state index contributed by atoms with van der Waals surface area (Å²) in [5.74, 6) is 1.12. The molecule has 0 heterocycles. The lowest BCUT2D eigenvalue weighted by Crippen LogP contribution is -2.10. The quantitative estimate of drug-likeness (QED) is 0.458. The third kappa shape index (κ3) is 12.4. The number of hydrogen-bond donors (Lipinski definition) is 1. The average Bonchev–Trinajstić information content (AvgIpc) is 2.42. The summed E-state index contributed by atoms with van der Waals surface area (Å²) in [6.45, 7) is 5.19. The monoisotopic (exact) mass is 269 g/mol. The highest BCUT2D eigenvalue weighted by Crippen LogP contribution is 2.16. The Labute approximate surface area is 120 Å². The van der Waals surface area contributed by atoms with Gasteiger partial charge in [0.15, 0.2) is 0 Å². The van der Waals surface area contributed by atoms with E-state index in [-0.39, 0.29) is 0 Å². The maximum absolute atomic E-state index is 11.8. The smallest absolute Gasteiger partial charge is 0.132 e. The molecule has 0 saturated carbocycles. The number of rotatable bonds is 14. The molecule has 0 aromatic carbocycles. The van der Waals surface area contributed by atoms with Gasteiger partial charge in [-0.3, -0.25) is 4.79 Å². The van der Waals surface area contributed by atoms with E-state index in [0.717, 1.165) is 45.1 Å². The number of ketones is 1. The van der Waals surface area contributed by atoms with Crippen LogP contribution in [0, 0.1) is 5.92 Å². The van der Waals surface area contributed by atoms with Gasteiger partial charge < -0.3 is 5.73 Å². The van der Waals surface area contributed by atoms with Gasteiger partial charge in [0, 0.05) is 12.8 Å². The third-order valence-electron chi connectivity index (χ3n) is 4.04. The SMILES string of the molecule is CCCCCCCCCC(=O)CCC(CC)CCN. The summed E-state index contributed by atoms with van der Waals surface area (Å²) in [7, 11) is 0.